The molecule has 144 valence electrons. The fraction of sp³-hybridized carbons (Fsp3) is 0.235. The van der Waals surface area contributed by atoms with Crippen molar-refractivity contribution < 1.29 is 27.2 Å². The van der Waals surface area contributed by atoms with E-state index in [1.54, 1.807) is 12.1 Å². The predicted octanol–water partition coefficient (Wildman–Crippen LogP) is 3.06. The standard InChI is InChI=1S/C17H16F4N4O2/c1-3-25(15-13(18)16(20)24-17(21)14(15)19)8-12(27)23-11-6-4-10(5-7-11)22-9(2)26/h4-7H,3,8H2,1-2H3,(H,22,26)(H,23,27). The van der Waals surface area contributed by atoms with Gasteiger partial charge in [-0.3, -0.25) is 9.59 Å². The fourth-order valence-corrected chi connectivity index (χ4v) is 2.32. The minimum atomic E-state index is -1.80. The molecule has 10 heteroatoms. The van der Waals surface area contributed by atoms with Gasteiger partial charge in [0.25, 0.3) is 11.9 Å². The van der Waals surface area contributed by atoms with Gasteiger partial charge >= 0.3 is 0 Å². The lowest BCUT2D eigenvalue weighted by atomic mass is 10.2. The number of benzene rings is 1. The van der Waals surface area contributed by atoms with Crippen LogP contribution in [0.4, 0.5) is 34.6 Å². The second kappa shape index (κ2) is 8.47. The van der Waals surface area contributed by atoms with Gasteiger partial charge in [0, 0.05) is 24.8 Å². The number of likely N-dealkylation sites (N-methyl/N-ethyl adjacent to an activating group) is 1. The average molecular weight is 384 g/mol. The monoisotopic (exact) mass is 384 g/mol. The Morgan fingerprint density at radius 2 is 1.44 bits per heavy atom. The lowest BCUT2D eigenvalue weighted by Gasteiger charge is -2.23. The highest BCUT2D eigenvalue weighted by Gasteiger charge is 2.26. The van der Waals surface area contributed by atoms with Crippen LogP contribution in [0.2, 0.25) is 0 Å². The van der Waals surface area contributed by atoms with E-state index in [0.717, 1.165) is 4.90 Å². The Hall–Kier alpha value is -3.17. The number of hydrogen-bond acceptors (Lipinski definition) is 4. The Morgan fingerprint density at radius 3 is 1.89 bits per heavy atom. The van der Waals surface area contributed by atoms with Gasteiger partial charge in [-0.2, -0.15) is 22.5 Å². The van der Waals surface area contributed by atoms with Gasteiger partial charge in [0.05, 0.1) is 6.54 Å². The number of carbonyl (C=O) groups excluding carboxylic acids is 2. The van der Waals surface area contributed by atoms with Crippen molar-refractivity contribution >= 4 is 28.9 Å². The Bertz CT molecular complexity index is 833. The number of pyridine rings is 1. The van der Waals surface area contributed by atoms with Crippen LogP contribution in [0.1, 0.15) is 13.8 Å². The van der Waals surface area contributed by atoms with Gasteiger partial charge < -0.3 is 15.5 Å². The summed E-state index contributed by atoms with van der Waals surface area (Å²) in [5.74, 6) is -7.87. The van der Waals surface area contributed by atoms with Crippen LogP contribution in [0, 0.1) is 23.5 Å². The molecule has 0 aliphatic carbocycles. The van der Waals surface area contributed by atoms with Gasteiger partial charge in [0.1, 0.15) is 5.69 Å². The van der Waals surface area contributed by atoms with Gasteiger partial charge in [0.2, 0.25) is 23.4 Å². The van der Waals surface area contributed by atoms with E-state index in [0.29, 0.717) is 11.4 Å². The third-order valence-electron chi connectivity index (χ3n) is 3.50. The molecule has 27 heavy (non-hydrogen) atoms. The van der Waals surface area contributed by atoms with E-state index in [1.807, 2.05) is 0 Å². The number of rotatable bonds is 6. The summed E-state index contributed by atoms with van der Waals surface area (Å²) in [6.45, 7) is 2.16. The van der Waals surface area contributed by atoms with Crippen molar-refractivity contribution in [1.82, 2.24) is 4.98 Å². The zero-order chi connectivity index (χ0) is 20.1. The molecule has 6 nitrogen and oxygen atoms in total. The molecule has 0 fully saturated rings. The van der Waals surface area contributed by atoms with Crippen molar-refractivity contribution in [1.29, 1.82) is 0 Å². The lowest BCUT2D eigenvalue weighted by molar-refractivity contribution is -0.115. The topological polar surface area (TPSA) is 74.3 Å². The quantitative estimate of drug-likeness (QED) is 0.593. The maximum Gasteiger partial charge on any atom is 0.253 e. The highest BCUT2D eigenvalue weighted by molar-refractivity contribution is 5.94. The molecule has 2 amide bonds. The molecule has 0 radical (unpaired) electrons. The summed E-state index contributed by atoms with van der Waals surface area (Å²) < 4.78 is 54.3. The van der Waals surface area contributed by atoms with Crippen LogP contribution in [0.15, 0.2) is 24.3 Å². The third kappa shape index (κ3) is 4.93. The molecule has 0 unspecified atom stereocenters. The van der Waals surface area contributed by atoms with Crippen LogP contribution >= 0.6 is 0 Å². The Balaban J connectivity index is 2.13. The zero-order valence-electron chi connectivity index (χ0n) is 14.4. The minimum Gasteiger partial charge on any atom is -0.357 e. The first-order chi connectivity index (χ1) is 12.7. The van der Waals surface area contributed by atoms with Crippen LogP contribution in [0.3, 0.4) is 0 Å². The van der Waals surface area contributed by atoms with E-state index in [-0.39, 0.29) is 12.5 Å². The molecule has 0 aliphatic rings. The molecule has 2 aromatic rings. The SMILES string of the molecule is CCN(CC(=O)Nc1ccc(NC(C)=O)cc1)c1c(F)c(F)nc(F)c1F. The van der Waals surface area contributed by atoms with Crippen molar-refractivity contribution in [3.8, 4) is 0 Å². The molecule has 0 atom stereocenters. The number of halogens is 4. The number of nitrogens with zero attached hydrogens (tertiary/aromatic N) is 2. The molecule has 1 aromatic carbocycles. The Kier molecular flexibility index (Phi) is 6.32. The van der Waals surface area contributed by atoms with Crippen molar-refractivity contribution in [2.75, 3.05) is 28.6 Å². The molecule has 0 bridgehead atoms. The van der Waals surface area contributed by atoms with E-state index in [1.165, 1.54) is 26.0 Å². The molecule has 0 saturated carbocycles. The van der Waals surface area contributed by atoms with E-state index in [2.05, 4.69) is 15.6 Å². The molecular formula is C17H16F4N4O2. The first-order valence-corrected chi connectivity index (χ1v) is 7.85. The molecule has 1 heterocycles. The van der Waals surface area contributed by atoms with Gasteiger partial charge in [0.15, 0.2) is 0 Å². The van der Waals surface area contributed by atoms with E-state index in [9.17, 15) is 27.2 Å². The van der Waals surface area contributed by atoms with Gasteiger partial charge in [-0.15, -0.1) is 0 Å². The number of aromatic nitrogens is 1. The predicted molar refractivity (Wildman–Crippen MR) is 91.3 cm³/mol. The molecule has 2 N–H and O–H groups in total. The Labute approximate surface area is 152 Å². The smallest absolute Gasteiger partial charge is 0.253 e. The van der Waals surface area contributed by atoms with Crippen LogP contribution in [0.5, 0.6) is 0 Å². The largest absolute Gasteiger partial charge is 0.357 e. The summed E-state index contributed by atoms with van der Waals surface area (Å²) in [5, 5.41) is 5.03. The molecule has 1 aromatic heterocycles. The summed E-state index contributed by atoms with van der Waals surface area (Å²) in [6, 6.07) is 6.10. The summed E-state index contributed by atoms with van der Waals surface area (Å²) in [7, 11) is 0. The van der Waals surface area contributed by atoms with E-state index >= 15 is 0 Å². The fourth-order valence-electron chi connectivity index (χ4n) is 2.32. The zero-order valence-corrected chi connectivity index (χ0v) is 14.4. The van der Waals surface area contributed by atoms with Gasteiger partial charge in [-0.25, -0.2) is 0 Å². The number of anilines is 3. The average Bonchev–Trinajstić information content (AvgIpc) is 2.60. The molecule has 0 saturated heterocycles. The van der Waals surface area contributed by atoms with E-state index in [4.69, 9.17) is 0 Å². The summed E-state index contributed by atoms with van der Waals surface area (Å²) in [6.07, 6.45) is 0. The number of carbonyl (C=O) groups is 2. The van der Waals surface area contributed by atoms with Crippen LogP contribution in [-0.4, -0.2) is 29.9 Å². The van der Waals surface area contributed by atoms with Crippen molar-refractivity contribution in [3.63, 3.8) is 0 Å². The summed E-state index contributed by atoms with van der Waals surface area (Å²) >= 11 is 0. The second-order valence-corrected chi connectivity index (χ2v) is 5.49. The number of hydrogen-bond donors (Lipinski definition) is 2. The summed E-state index contributed by atoms with van der Waals surface area (Å²) in [5.41, 5.74) is -0.126. The van der Waals surface area contributed by atoms with Crippen molar-refractivity contribution in [3.05, 3.63) is 47.8 Å². The van der Waals surface area contributed by atoms with Crippen LogP contribution in [0.25, 0.3) is 0 Å². The molecular weight excluding hydrogens is 368 g/mol. The van der Waals surface area contributed by atoms with Crippen molar-refractivity contribution in [2.24, 2.45) is 0 Å². The normalized spacial score (nSPS) is 10.4. The number of amides is 2. The first kappa shape index (κ1) is 20.1. The lowest BCUT2D eigenvalue weighted by Crippen LogP contribution is -2.35. The maximum absolute atomic E-state index is 13.9. The van der Waals surface area contributed by atoms with Gasteiger partial charge in [-0.1, -0.05) is 0 Å². The molecule has 0 aliphatic heterocycles. The highest BCUT2D eigenvalue weighted by atomic mass is 19.2. The van der Waals surface area contributed by atoms with Crippen molar-refractivity contribution in [2.45, 2.75) is 13.8 Å². The minimum absolute atomic E-state index is 0.0916. The second-order valence-electron chi connectivity index (χ2n) is 5.49. The number of nitrogens with one attached hydrogen (secondary N) is 2. The maximum atomic E-state index is 13.9. The summed E-state index contributed by atoms with van der Waals surface area (Å²) in [4.78, 5) is 26.4. The third-order valence-corrected chi connectivity index (χ3v) is 3.50. The first-order valence-electron chi connectivity index (χ1n) is 7.85. The van der Waals surface area contributed by atoms with Gasteiger partial charge in [-0.05, 0) is 31.2 Å². The molecule has 2 rings (SSSR count). The van der Waals surface area contributed by atoms with E-state index < -0.39 is 41.7 Å². The van der Waals surface area contributed by atoms with Crippen LogP contribution in [-0.2, 0) is 9.59 Å². The molecule has 0 spiro atoms. The highest BCUT2D eigenvalue weighted by Crippen LogP contribution is 2.26. The van der Waals surface area contributed by atoms with Crippen LogP contribution < -0.4 is 15.5 Å². The Morgan fingerprint density at radius 1 is 0.963 bits per heavy atom.